The van der Waals surface area contributed by atoms with Crippen LogP contribution in [0.5, 0.6) is 0 Å². The van der Waals surface area contributed by atoms with Crippen LogP contribution in [0.2, 0.25) is 0 Å². The van der Waals surface area contributed by atoms with E-state index in [0.717, 1.165) is 0 Å². The number of hydrogen-bond donors (Lipinski definition) is 0. The first-order valence-electron chi connectivity index (χ1n) is 0. The fourth-order valence-corrected chi connectivity index (χ4v) is 0. The Morgan fingerprint density at radius 3 is 0.750 bits per heavy atom. The van der Waals surface area contributed by atoms with Crippen LogP contribution in [0, 0.1) is 0 Å². The van der Waals surface area contributed by atoms with E-state index in [2.05, 4.69) is 0 Å². The molecular formula is AlGeO2. The molecule has 0 aromatic rings. The Kier molecular flexibility index (Phi) is 728. The summed E-state index contributed by atoms with van der Waals surface area (Å²) in [6, 6.07) is 0. The molecule has 0 aromatic carbocycles. The minimum Gasteiger partial charge on any atom is -2.00 e. The maximum atomic E-state index is 0. The van der Waals surface area contributed by atoms with Crippen molar-refractivity contribution in [2.24, 2.45) is 0 Å². The maximum absolute atomic E-state index is 0. The van der Waals surface area contributed by atoms with E-state index in [4.69, 9.17) is 0 Å². The third-order valence-electron chi connectivity index (χ3n) is 0. The van der Waals surface area contributed by atoms with E-state index < -0.39 is 0 Å². The summed E-state index contributed by atoms with van der Waals surface area (Å²) in [4.78, 5) is 0. The molecule has 4 heavy (non-hydrogen) atoms. The molecule has 0 heterocycles. The van der Waals surface area contributed by atoms with Gasteiger partial charge in [0, 0.05) is 17.4 Å². The van der Waals surface area contributed by atoms with Gasteiger partial charge in [-0.3, -0.25) is 0 Å². The second-order valence-corrected chi connectivity index (χ2v) is 0. The van der Waals surface area contributed by atoms with E-state index in [1.165, 1.54) is 0 Å². The first-order valence-corrected chi connectivity index (χ1v) is 0. The van der Waals surface area contributed by atoms with Crippen molar-refractivity contribution in [1.29, 1.82) is 0 Å². The summed E-state index contributed by atoms with van der Waals surface area (Å²) in [7, 11) is 0. The van der Waals surface area contributed by atoms with Gasteiger partial charge in [0.05, 0.1) is 0 Å². The van der Waals surface area contributed by atoms with Crippen LogP contribution in [0.3, 0.4) is 0 Å². The largest absolute Gasteiger partial charge is 4.00 e. The third kappa shape index (κ3) is 12.0. The molecule has 0 N–H and O–H groups in total. The summed E-state index contributed by atoms with van der Waals surface area (Å²) in [6.45, 7) is 0. The molecular weight excluding hydrogens is 132 g/mol. The average Bonchev–Trinajstić information content (AvgIpc) is 0. The molecule has 0 bridgehead atoms. The standard InChI is InChI=1S/Al.Ge.2O/q;+4;2*-2. The van der Waals surface area contributed by atoms with E-state index >= 15 is 0 Å². The summed E-state index contributed by atoms with van der Waals surface area (Å²) >= 11 is 0. The minimum atomic E-state index is 0. The van der Waals surface area contributed by atoms with Gasteiger partial charge >= 0.3 is 17.6 Å². The van der Waals surface area contributed by atoms with Crippen molar-refractivity contribution in [1.82, 2.24) is 0 Å². The zero-order valence-corrected chi connectivity index (χ0v) is 5.15. The predicted molar refractivity (Wildman–Crippen MR) is 12.9 cm³/mol. The van der Waals surface area contributed by atoms with Gasteiger partial charge in [-0.05, 0) is 0 Å². The molecule has 0 aliphatic carbocycles. The summed E-state index contributed by atoms with van der Waals surface area (Å²) in [5.41, 5.74) is 0. The van der Waals surface area contributed by atoms with Crippen LogP contribution >= 0.6 is 0 Å². The van der Waals surface area contributed by atoms with Crippen molar-refractivity contribution >= 4 is 35.0 Å². The second-order valence-electron chi connectivity index (χ2n) is 0. The topological polar surface area (TPSA) is 57.0 Å². The van der Waals surface area contributed by atoms with E-state index in [-0.39, 0.29) is 45.9 Å². The molecule has 0 aliphatic heterocycles. The zero-order chi connectivity index (χ0) is 0. The van der Waals surface area contributed by atoms with Gasteiger partial charge in [0.1, 0.15) is 0 Å². The fraction of sp³-hybridized carbons (Fsp3) is 0. The molecule has 0 fully saturated rings. The van der Waals surface area contributed by atoms with Crippen LogP contribution in [-0.2, 0) is 11.0 Å². The quantitative estimate of drug-likeness (QED) is 0.379. The molecule has 19 valence electrons. The Bertz CT molecular complexity index is 6.00. The molecule has 0 atom stereocenters. The smallest absolute Gasteiger partial charge is 2.00 e. The van der Waals surface area contributed by atoms with Crippen LogP contribution in [0.15, 0.2) is 0 Å². The first-order chi connectivity index (χ1) is 0. The van der Waals surface area contributed by atoms with Gasteiger partial charge in [0.2, 0.25) is 0 Å². The Morgan fingerprint density at radius 2 is 0.750 bits per heavy atom. The summed E-state index contributed by atoms with van der Waals surface area (Å²) in [5, 5.41) is 0. The molecule has 0 spiro atoms. The number of hydrogen-bond acceptors (Lipinski definition) is 0. The Balaban J connectivity index is 0. The van der Waals surface area contributed by atoms with Crippen molar-refractivity contribution < 1.29 is 11.0 Å². The Morgan fingerprint density at radius 1 is 0.750 bits per heavy atom. The maximum Gasteiger partial charge on any atom is 4.00 e. The van der Waals surface area contributed by atoms with Crippen LogP contribution in [0.4, 0.5) is 0 Å². The summed E-state index contributed by atoms with van der Waals surface area (Å²) in [5.74, 6) is 0. The molecule has 0 aromatic heterocycles. The molecule has 0 aliphatic rings. The van der Waals surface area contributed by atoms with Crippen molar-refractivity contribution in [2.45, 2.75) is 0 Å². The van der Waals surface area contributed by atoms with E-state index in [1.54, 1.807) is 0 Å². The third-order valence-corrected chi connectivity index (χ3v) is 0. The monoisotopic (exact) mass is 133 g/mol. The zero-order valence-electron chi connectivity index (χ0n) is 1.89. The van der Waals surface area contributed by atoms with E-state index in [9.17, 15) is 0 Å². The molecule has 4 heteroatoms. The minimum absolute atomic E-state index is 0. The Hall–Kier alpha value is 0.995. The van der Waals surface area contributed by atoms with Gasteiger partial charge in [-0.25, -0.2) is 0 Å². The van der Waals surface area contributed by atoms with Crippen LogP contribution in [-0.4, -0.2) is 35.0 Å². The Labute approximate surface area is 46.3 Å². The predicted octanol–water partition coefficient (Wildman–Crippen LogP) is -0.999. The average molecular weight is 132 g/mol. The summed E-state index contributed by atoms with van der Waals surface area (Å²) in [6.07, 6.45) is 0. The van der Waals surface area contributed by atoms with Crippen molar-refractivity contribution in [3.63, 3.8) is 0 Å². The van der Waals surface area contributed by atoms with E-state index in [1.807, 2.05) is 0 Å². The molecule has 3 radical (unpaired) electrons. The molecule has 0 amide bonds. The van der Waals surface area contributed by atoms with Crippen LogP contribution < -0.4 is 0 Å². The number of rotatable bonds is 0. The molecule has 0 unspecified atom stereocenters. The van der Waals surface area contributed by atoms with Crippen molar-refractivity contribution in [3.8, 4) is 0 Å². The summed E-state index contributed by atoms with van der Waals surface area (Å²) < 4.78 is 0. The van der Waals surface area contributed by atoms with Gasteiger partial charge in [-0.15, -0.1) is 0 Å². The second kappa shape index (κ2) is 36.2. The molecule has 0 saturated carbocycles. The van der Waals surface area contributed by atoms with Crippen molar-refractivity contribution in [2.75, 3.05) is 0 Å². The van der Waals surface area contributed by atoms with Crippen molar-refractivity contribution in [3.05, 3.63) is 0 Å². The fourth-order valence-electron chi connectivity index (χ4n) is 0. The van der Waals surface area contributed by atoms with Gasteiger partial charge in [-0.2, -0.15) is 0 Å². The molecule has 0 saturated heterocycles. The first kappa shape index (κ1) is 80.5. The van der Waals surface area contributed by atoms with Crippen LogP contribution in [0.25, 0.3) is 0 Å². The SMILES string of the molecule is [Al].[Ge+4].[O-2].[O-2]. The molecule has 2 nitrogen and oxygen atoms in total. The van der Waals surface area contributed by atoms with Gasteiger partial charge < -0.3 is 11.0 Å². The normalized spacial score (nSPS) is 0. The van der Waals surface area contributed by atoms with E-state index in [0.29, 0.717) is 0 Å². The van der Waals surface area contributed by atoms with Gasteiger partial charge in [-0.1, -0.05) is 0 Å². The van der Waals surface area contributed by atoms with Gasteiger partial charge in [0.25, 0.3) is 0 Å². The molecule has 0 rings (SSSR count). The van der Waals surface area contributed by atoms with Gasteiger partial charge in [0.15, 0.2) is 0 Å². The van der Waals surface area contributed by atoms with Crippen LogP contribution in [0.1, 0.15) is 0 Å².